The van der Waals surface area contributed by atoms with Gasteiger partial charge in [-0.1, -0.05) is 110 Å². The Morgan fingerprint density at radius 2 is 1.40 bits per heavy atom. The quantitative estimate of drug-likeness (QED) is 0.0609. The molecule has 4 aromatic carbocycles. The van der Waals surface area contributed by atoms with Gasteiger partial charge in [0.15, 0.2) is 17.2 Å². The minimum absolute atomic E-state index is 0. The number of allylic oxidation sites excluding steroid dienone is 2. The number of carbonyl (C=O) groups is 1. The molecule has 6 heteroatoms. The van der Waals surface area contributed by atoms with E-state index in [1.54, 1.807) is 0 Å². The predicted octanol–water partition coefficient (Wildman–Crippen LogP) is 14.3. The molecule has 6 aromatic rings. The van der Waals surface area contributed by atoms with E-state index in [1.165, 1.54) is 22.6 Å². The second-order valence-corrected chi connectivity index (χ2v) is 17.2. The smallest absolute Gasteiger partial charge is 0.174 e. The van der Waals surface area contributed by atoms with Crippen LogP contribution in [-0.4, -0.2) is 10.9 Å². The summed E-state index contributed by atoms with van der Waals surface area (Å²) in [6.45, 7) is 27.8. The molecule has 0 unspecified atom stereocenters. The molecule has 6 rings (SSSR count). The van der Waals surface area contributed by atoms with Crippen LogP contribution in [0.1, 0.15) is 116 Å². The Morgan fingerprint density at radius 3 is 1.95 bits per heavy atom. The Labute approximate surface area is 360 Å². The number of hydrogen-bond donors (Lipinski definition) is 1. The summed E-state index contributed by atoms with van der Waals surface area (Å²) in [6.07, 6.45) is 7.83. The number of carbonyl (C=O) groups excluding carboxylic acids is 1. The summed E-state index contributed by atoms with van der Waals surface area (Å²) in [5, 5.41) is 13.6. The molecular weight excluding hydrogens is 898 g/mol. The van der Waals surface area contributed by atoms with Crippen LogP contribution in [0.4, 0.5) is 4.39 Å². The van der Waals surface area contributed by atoms with Crippen LogP contribution in [0.3, 0.4) is 0 Å². The van der Waals surface area contributed by atoms with Gasteiger partial charge in [-0.2, -0.15) is 12.5 Å². The molecule has 0 saturated heterocycles. The SMILES string of the molecule is CCC(CC)C(=O)/C=C(\O)C(CC)CC.[CH2-]c1c(-c2c3oc4c(F)c(-c5c(C)cc(CC(C)C)cc5C)ccc4c3cc[n+]2[CH2-])cc(C(C)(C)C)c2ccccc12.[Ir]. The summed E-state index contributed by atoms with van der Waals surface area (Å²) in [4.78, 5) is 11.7. The Hall–Kier alpha value is -4.38. The van der Waals surface area contributed by atoms with E-state index < -0.39 is 0 Å². The van der Waals surface area contributed by atoms with Gasteiger partial charge >= 0.3 is 0 Å². The first-order chi connectivity index (χ1) is 27.0. The van der Waals surface area contributed by atoms with Crippen molar-refractivity contribution >= 4 is 38.5 Å². The van der Waals surface area contributed by atoms with E-state index in [0.29, 0.717) is 17.1 Å². The average molecular weight is 961 g/mol. The zero-order valence-corrected chi connectivity index (χ0v) is 38.9. The third-order valence-electron chi connectivity index (χ3n) is 11.6. The first-order valence-corrected chi connectivity index (χ1v) is 20.8. The first kappa shape index (κ1) is 46.3. The summed E-state index contributed by atoms with van der Waals surface area (Å²) < 4.78 is 24.8. The van der Waals surface area contributed by atoms with E-state index in [2.05, 4.69) is 98.8 Å². The van der Waals surface area contributed by atoms with Gasteiger partial charge in [-0.05, 0) is 91.7 Å². The normalized spacial score (nSPS) is 12.2. The number of aromatic nitrogens is 1. The van der Waals surface area contributed by atoms with E-state index >= 15 is 4.39 Å². The van der Waals surface area contributed by atoms with Gasteiger partial charge in [0, 0.05) is 61.4 Å². The van der Waals surface area contributed by atoms with Crippen molar-refractivity contribution in [3.8, 4) is 22.4 Å². The maximum Gasteiger partial charge on any atom is 0.174 e. The Morgan fingerprint density at radius 1 is 0.828 bits per heavy atom. The van der Waals surface area contributed by atoms with Crippen molar-refractivity contribution in [3.05, 3.63) is 126 Å². The number of nitrogens with zero attached hydrogens (tertiary/aromatic N) is 1. The van der Waals surface area contributed by atoms with Crippen LogP contribution in [0, 0.1) is 51.4 Å². The number of fused-ring (bicyclic) bond motifs is 4. The minimum Gasteiger partial charge on any atom is -0.512 e. The van der Waals surface area contributed by atoms with Crippen LogP contribution in [0.25, 0.3) is 55.1 Å². The molecule has 1 radical (unpaired) electrons. The molecule has 0 spiro atoms. The van der Waals surface area contributed by atoms with E-state index in [9.17, 15) is 9.90 Å². The number of pyridine rings is 1. The molecule has 0 aliphatic carbocycles. The van der Waals surface area contributed by atoms with Gasteiger partial charge in [0.05, 0.1) is 12.0 Å². The zero-order valence-electron chi connectivity index (χ0n) is 36.5. The number of aliphatic hydroxyl groups is 1. The standard InChI is InChI=1S/C39H39FNO.C13H24O2.Ir/c1-22(2)18-26-19-23(3)34(24(4)20-26)31-15-14-29-30-16-17-41(9)36(38(30)42-37(29)35(31)40)32-21-33(39(6,7)8)28-13-11-10-12-27(28)25(32)5;1-5-10(6-2)12(14)9-13(15)11(7-3)8-4;/h10-17,19-22H,5,9,18H2,1-4,6-8H3;9-11,14H,5-8H2,1-4H3;/q-1;;/b;12-9-;. The molecule has 0 aliphatic heterocycles. The number of ketones is 1. The number of aliphatic hydroxyl groups excluding tert-OH is 1. The van der Waals surface area contributed by atoms with Gasteiger partial charge in [-0.15, -0.1) is 23.1 Å². The van der Waals surface area contributed by atoms with Gasteiger partial charge in [0.1, 0.15) is 11.3 Å². The van der Waals surface area contributed by atoms with Crippen LogP contribution in [0.2, 0.25) is 0 Å². The molecule has 1 N–H and O–H groups in total. The van der Waals surface area contributed by atoms with Crippen LogP contribution in [-0.2, 0) is 36.7 Å². The van der Waals surface area contributed by atoms with E-state index in [1.807, 2.05) is 62.7 Å². The molecule has 0 atom stereocenters. The van der Waals surface area contributed by atoms with Gasteiger partial charge in [-0.3, -0.25) is 4.79 Å². The summed E-state index contributed by atoms with van der Waals surface area (Å²) in [7, 11) is 4.30. The van der Waals surface area contributed by atoms with Crippen molar-refractivity contribution in [3.63, 3.8) is 0 Å². The fourth-order valence-electron chi connectivity index (χ4n) is 8.44. The van der Waals surface area contributed by atoms with Crippen LogP contribution in [0.15, 0.2) is 83.1 Å². The van der Waals surface area contributed by atoms with Crippen molar-refractivity contribution in [2.24, 2.45) is 17.8 Å². The van der Waals surface area contributed by atoms with Crippen molar-refractivity contribution in [1.29, 1.82) is 0 Å². The maximum atomic E-state index is 16.5. The Balaban J connectivity index is 0.000000398. The molecular formula is C52H63FIrNO3-. The summed E-state index contributed by atoms with van der Waals surface area (Å²) >= 11 is 0. The van der Waals surface area contributed by atoms with Gasteiger partial charge in [-0.25, -0.2) is 4.39 Å². The zero-order chi connectivity index (χ0) is 41.9. The van der Waals surface area contributed by atoms with Crippen molar-refractivity contribution in [2.45, 2.75) is 114 Å². The summed E-state index contributed by atoms with van der Waals surface area (Å²) in [5.74, 6) is 0.771. The topological polar surface area (TPSA) is 54.3 Å². The number of aryl methyl sites for hydroxylation is 2. The van der Waals surface area contributed by atoms with E-state index in [0.717, 1.165) is 81.8 Å². The van der Waals surface area contributed by atoms with E-state index in [4.69, 9.17) is 4.42 Å². The summed E-state index contributed by atoms with van der Waals surface area (Å²) in [5.41, 5.74) is 9.54. The Bertz CT molecular complexity index is 2420. The molecule has 58 heavy (non-hydrogen) atoms. The number of rotatable bonds is 11. The molecule has 0 amide bonds. The second kappa shape index (κ2) is 19.1. The second-order valence-electron chi connectivity index (χ2n) is 17.2. The van der Waals surface area contributed by atoms with Crippen molar-refractivity contribution < 1.29 is 43.4 Å². The van der Waals surface area contributed by atoms with Gasteiger partial charge < -0.3 is 14.1 Å². The molecule has 0 saturated carbocycles. The van der Waals surface area contributed by atoms with Crippen LogP contribution in [0.5, 0.6) is 0 Å². The summed E-state index contributed by atoms with van der Waals surface area (Å²) in [6, 6.07) is 20.8. The third-order valence-corrected chi connectivity index (χ3v) is 11.6. The van der Waals surface area contributed by atoms with Crippen molar-refractivity contribution in [1.82, 2.24) is 0 Å². The molecule has 2 aromatic heterocycles. The van der Waals surface area contributed by atoms with Gasteiger partial charge in [0.25, 0.3) is 0 Å². The largest absolute Gasteiger partial charge is 0.512 e. The molecule has 311 valence electrons. The maximum absolute atomic E-state index is 16.5. The number of halogens is 1. The predicted molar refractivity (Wildman–Crippen MR) is 238 cm³/mol. The molecule has 0 bridgehead atoms. The molecule has 0 aliphatic rings. The number of hydrogen-bond acceptors (Lipinski definition) is 3. The minimum atomic E-state index is -0.336. The van der Waals surface area contributed by atoms with Gasteiger partial charge in [0.2, 0.25) is 0 Å². The molecule has 2 heterocycles. The number of benzene rings is 4. The van der Waals surface area contributed by atoms with Crippen molar-refractivity contribution in [2.75, 3.05) is 0 Å². The number of furan rings is 1. The van der Waals surface area contributed by atoms with E-state index in [-0.39, 0.29) is 60.3 Å². The molecule has 4 nitrogen and oxygen atoms in total. The fraction of sp³-hybridized carbons (Fsp3) is 0.385. The average Bonchev–Trinajstić information content (AvgIpc) is 3.53. The first-order valence-electron chi connectivity index (χ1n) is 20.8. The third kappa shape index (κ3) is 9.40. The molecule has 0 fully saturated rings. The van der Waals surface area contributed by atoms with Crippen LogP contribution >= 0.6 is 0 Å². The monoisotopic (exact) mass is 961 g/mol. The fourth-order valence-corrected chi connectivity index (χ4v) is 8.44. The van der Waals surface area contributed by atoms with Crippen LogP contribution < -0.4 is 4.57 Å². The Kier molecular flexibility index (Phi) is 15.3.